The summed E-state index contributed by atoms with van der Waals surface area (Å²) in [5.74, 6) is 0.257. The zero-order valence-corrected chi connectivity index (χ0v) is 24.1. The molecule has 2 heterocycles. The topological polar surface area (TPSA) is 100 Å². The predicted molar refractivity (Wildman–Crippen MR) is 154 cm³/mol. The molecule has 4 rings (SSSR count). The first-order chi connectivity index (χ1) is 18.1. The van der Waals surface area contributed by atoms with Gasteiger partial charge < -0.3 is 21.3 Å². The maximum Gasteiger partial charge on any atom is 0.246 e. The number of amides is 2. The second-order valence-corrected chi connectivity index (χ2v) is 12.7. The molecule has 2 atom stereocenters. The summed E-state index contributed by atoms with van der Waals surface area (Å²) in [6.45, 7) is 9.19. The number of benzene rings is 1. The fourth-order valence-corrected chi connectivity index (χ4v) is 6.37. The number of carbonyl (C=O) groups excluding carboxylic acids is 2. The molecule has 1 saturated heterocycles. The van der Waals surface area contributed by atoms with Gasteiger partial charge in [0, 0.05) is 25.0 Å². The van der Waals surface area contributed by atoms with Crippen LogP contribution in [-0.4, -0.2) is 40.3 Å². The third-order valence-electron chi connectivity index (χ3n) is 7.87. The first-order valence-electron chi connectivity index (χ1n) is 13.9. The van der Waals surface area contributed by atoms with E-state index in [1.807, 2.05) is 30.8 Å². The maximum atomic E-state index is 13.8. The normalized spacial score (nSPS) is 19.8. The summed E-state index contributed by atoms with van der Waals surface area (Å²) in [4.78, 5) is 34.2. The van der Waals surface area contributed by atoms with E-state index in [4.69, 9.17) is 5.73 Å². The molecule has 2 aliphatic rings. The molecule has 7 nitrogen and oxygen atoms in total. The van der Waals surface area contributed by atoms with Crippen LogP contribution in [0.5, 0.6) is 0 Å². The van der Waals surface area contributed by atoms with E-state index >= 15 is 0 Å². The lowest BCUT2D eigenvalue weighted by Gasteiger charge is -2.35. The summed E-state index contributed by atoms with van der Waals surface area (Å²) in [5, 5.41) is 6.43. The largest absolute Gasteiger partial charge is 0.401 e. The summed E-state index contributed by atoms with van der Waals surface area (Å²) in [7, 11) is 0. The van der Waals surface area contributed by atoms with Crippen LogP contribution >= 0.6 is 11.3 Å². The van der Waals surface area contributed by atoms with Gasteiger partial charge in [-0.2, -0.15) is 0 Å². The quantitative estimate of drug-likeness (QED) is 0.434. The summed E-state index contributed by atoms with van der Waals surface area (Å²) < 4.78 is 0. The number of aryl methyl sites for hydroxylation is 1. The standard InChI is InChI=1S/C30H43N5O2S/c1-20-26(38-19-34-20)23-14-12-21(13-15-23)17-33-28(36)25-11-8-16-35(25)29(37)27(30(2,3)4)32-18-24(31)22-9-6-5-7-10-22/h12-15,18-19,22,25,27,32H,5-11,16-17,31H2,1-4H3,(H,33,36)/b24-18-. The van der Waals surface area contributed by atoms with Crippen LogP contribution in [0, 0.1) is 18.3 Å². The van der Waals surface area contributed by atoms with Crippen molar-refractivity contribution in [3.63, 3.8) is 0 Å². The molecule has 4 N–H and O–H groups in total. The summed E-state index contributed by atoms with van der Waals surface area (Å²) in [6.07, 6.45) is 9.27. The molecule has 1 saturated carbocycles. The highest BCUT2D eigenvalue weighted by molar-refractivity contribution is 7.13. The highest BCUT2D eigenvalue weighted by Crippen LogP contribution is 2.29. The third-order valence-corrected chi connectivity index (χ3v) is 8.85. The minimum Gasteiger partial charge on any atom is -0.401 e. The second kappa shape index (κ2) is 12.3. The molecule has 8 heteroatoms. The average molecular weight is 538 g/mol. The number of likely N-dealkylation sites (tertiary alicyclic amines) is 1. The monoisotopic (exact) mass is 537 g/mol. The van der Waals surface area contributed by atoms with Crippen molar-refractivity contribution in [2.24, 2.45) is 17.1 Å². The lowest BCUT2D eigenvalue weighted by atomic mass is 9.85. The highest BCUT2D eigenvalue weighted by atomic mass is 32.1. The number of allylic oxidation sites excluding steroid dienone is 1. The molecule has 1 aromatic heterocycles. The van der Waals surface area contributed by atoms with Crippen LogP contribution < -0.4 is 16.4 Å². The molecule has 2 aromatic rings. The first-order valence-corrected chi connectivity index (χ1v) is 14.8. The fourth-order valence-electron chi connectivity index (χ4n) is 5.55. The molecule has 38 heavy (non-hydrogen) atoms. The van der Waals surface area contributed by atoms with Gasteiger partial charge >= 0.3 is 0 Å². The first kappa shape index (κ1) is 28.1. The number of aromatic nitrogens is 1. The lowest BCUT2D eigenvalue weighted by molar-refractivity contribution is -0.141. The molecule has 1 aromatic carbocycles. The molecule has 2 fully saturated rings. The smallest absolute Gasteiger partial charge is 0.246 e. The van der Waals surface area contributed by atoms with Crippen molar-refractivity contribution in [1.82, 2.24) is 20.5 Å². The average Bonchev–Trinajstić information content (AvgIpc) is 3.56. The molecule has 0 spiro atoms. The number of nitrogens with zero attached hydrogens (tertiary/aromatic N) is 2. The van der Waals surface area contributed by atoms with Crippen molar-refractivity contribution in [2.45, 2.75) is 91.3 Å². The Morgan fingerprint density at radius 3 is 2.47 bits per heavy atom. The molecule has 1 aliphatic carbocycles. The van der Waals surface area contributed by atoms with Crippen LogP contribution in [-0.2, 0) is 16.1 Å². The number of hydrogen-bond donors (Lipinski definition) is 3. The Morgan fingerprint density at radius 2 is 1.84 bits per heavy atom. The van der Waals surface area contributed by atoms with Crippen LogP contribution in [0.25, 0.3) is 10.4 Å². The Hall–Kier alpha value is -2.87. The number of nitrogens with one attached hydrogen (secondary N) is 2. The Labute approximate surface area is 231 Å². The predicted octanol–water partition coefficient (Wildman–Crippen LogP) is 5.11. The molecular weight excluding hydrogens is 494 g/mol. The molecule has 2 unspecified atom stereocenters. The van der Waals surface area contributed by atoms with E-state index in [2.05, 4.69) is 48.5 Å². The summed E-state index contributed by atoms with van der Waals surface area (Å²) in [5.41, 5.74) is 12.0. The van der Waals surface area contributed by atoms with Gasteiger partial charge in [-0.1, -0.05) is 64.3 Å². The van der Waals surface area contributed by atoms with Crippen molar-refractivity contribution in [3.05, 3.63) is 52.9 Å². The molecule has 206 valence electrons. The van der Waals surface area contributed by atoms with Crippen LogP contribution in [0.4, 0.5) is 0 Å². The van der Waals surface area contributed by atoms with Gasteiger partial charge in [-0.3, -0.25) is 9.59 Å². The molecular formula is C30H43N5O2S. The number of carbonyl (C=O) groups is 2. The van der Waals surface area contributed by atoms with E-state index in [0.717, 1.165) is 46.7 Å². The highest BCUT2D eigenvalue weighted by Gasteiger charge is 2.40. The number of thiazole rings is 1. The SMILES string of the molecule is Cc1ncsc1-c1ccc(CNC(=O)C2CCCN2C(=O)C(N/C=C(\N)C2CCCCC2)C(C)(C)C)cc1. The second-order valence-electron chi connectivity index (χ2n) is 11.8. The number of nitrogens with two attached hydrogens (primary N) is 1. The zero-order chi connectivity index (χ0) is 27.3. The molecule has 0 radical (unpaired) electrons. The van der Waals surface area contributed by atoms with E-state index in [9.17, 15) is 9.59 Å². The van der Waals surface area contributed by atoms with E-state index in [-0.39, 0.29) is 17.2 Å². The van der Waals surface area contributed by atoms with Gasteiger partial charge in [0.15, 0.2) is 0 Å². The lowest BCUT2D eigenvalue weighted by Crippen LogP contribution is -2.55. The van der Waals surface area contributed by atoms with Gasteiger partial charge in [0.25, 0.3) is 0 Å². The van der Waals surface area contributed by atoms with Crippen molar-refractivity contribution in [3.8, 4) is 10.4 Å². The van der Waals surface area contributed by atoms with Gasteiger partial charge in [-0.25, -0.2) is 4.98 Å². The van der Waals surface area contributed by atoms with Crippen LogP contribution in [0.15, 0.2) is 41.7 Å². The van der Waals surface area contributed by atoms with E-state index in [1.54, 1.807) is 16.2 Å². The van der Waals surface area contributed by atoms with Crippen molar-refractivity contribution in [2.75, 3.05) is 6.54 Å². The summed E-state index contributed by atoms with van der Waals surface area (Å²) >= 11 is 1.63. The minimum absolute atomic E-state index is 0.0351. The van der Waals surface area contributed by atoms with Crippen LogP contribution in [0.3, 0.4) is 0 Å². The van der Waals surface area contributed by atoms with Gasteiger partial charge in [0.1, 0.15) is 12.1 Å². The van der Waals surface area contributed by atoms with Crippen molar-refractivity contribution >= 4 is 23.2 Å². The van der Waals surface area contributed by atoms with Crippen LogP contribution in [0.2, 0.25) is 0 Å². The Morgan fingerprint density at radius 1 is 1.13 bits per heavy atom. The summed E-state index contributed by atoms with van der Waals surface area (Å²) in [6, 6.07) is 7.30. The van der Waals surface area contributed by atoms with E-state index < -0.39 is 12.1 Å². The molecule has 0 bridgehead atoms. The zero-order valence-electron chi connectivity index (χ0n) is 23.3. The Kier molecular flexibility index (Phi) is 9.13. The molecule has 1 aliphatic heterocycles. The van der Waals surface area contributed by atoms with Crippen LogP contribution in [0.1, 0.15) is 77.0 Å². The Balaban J connectivity index is 1.37. The van der Waals surface area contributed by atoms with E-state index in [0.29, 0.717) is 25.4 Å². The number of hydrogen-bond acceptors (Lipinski definition) is 6. The third kappa shape index (κ3) is 6.76. The molecule has 2 amide bonds. The number of rotatable bonds is 8. The van der Waals surface area contributed by atoms with Crippen molar-refractivity contribution in [1.29, 1.82) is 0 Å². The van der Waals surface area contributed by atoms with Gasteiger partial charge in [0.2, 0.25) is 11.8 Å². The van der Waals surface area contributed by atoms with Gasteiger partial charge in [-0.05, 0) is 55.1 Å². The minimum atomic E-state index is -0.458. The maximum absolute atomic E-state index is 13.8. The fraction of sp³-hybridized carbons (Fsp3) is 0.567. The van der Waals surface area contributed by atoms with Crippen molar-refractivity contribution < 1.29 is 9.59 Å². The van der Waals surface area contributed by atoms with E-state index in [1.165, 1.54) is 19.3 Å². The van der Waals surface area contributed by atoms with Gasteiger partial charge in [0.05, 0.1) is 16.1 Å². The van der Waals surface area contributed by atoms with Gasteiger partial charge in [-0.15, -0.1) is 11.3 Å². The Bertz CT molecular complexity index is 1130.